The van der Waals surface area contributed by atoms with Crippen molar-refractivity contribution in [2.24, 2.45) is 5.92 Å². The Morgan fingerprint density at radius 2 is 1.93 bits per heavy atom. The molecule has 0 bridgehead atoms. The lowest BCUT2D eigenvalue weighted by Gasteiger charge is -2.17. The number of amides is 1. The van der Waals surface area contributed by atoms with E-state index in [2.05, 4.69) is 4.72 Å². The van der Waals surface area contributed by atoms with E-state index in [1.165, 1.54) is 4.90 Å². The topological polar surface area (TPSA) is 113 Å². The Morgan fingerprint density at radius 1 is 1.26 bits per heavy atom. The summed E-state index contributed by atoms with van der Waals surface area (Å²) in [5.74, 6) is -2.67. The maximum Gasteiger partial charge on any atom is 0.308 e. The first-order chi connectivity index (χ1) is 12.7. The van der Waals surface area contributed by atoms with Crippen LogP contribution in [0.2, 0.25) is 0 Å². The number of carboxylic acids is 1. The number of carbonyl (C=O) groups is 2. The maximum absolute atomic E-state index is 12.4. The standard InChI is InChI=1S/C18H26N2O6S/c1-13(2)26-8-9-27(24,25)19-10-17(21)20-11-15(16(12-20)18(22)23)14-6-4-3-5-7-14/h3-7,13,15-16,19H,8-12H2,1-2H3,(H,22,23)/t15-,16-/m0/s1. The Hall–Kier alpha value is -1.97. The molecule has 1 saturated heterocycles. The lowest BCUT2D eigenvalue weighted by Crippen LogP contribution is -2.40. The van der Waals surface area contributed by atoms with Gasteiger partial charge in [-0.25, -0.2) is 13.1 Å². The van der Waals surface area contributed by atoms with Crippen LogP contribution in [0.15, 0.2) is 30.3 Å². The van der Waals surface area contributed by atoms with Gasteiger partial charge >= 0.3 is 5.97 Å². The van der Waals surface area contributed by atoms with Crippen LogP contribution in [0.25, 0.3) is 0 Å². The maximum atomic E-state index is 12.4. The van der Waals surface area contributed by atoms with E-state index in [4.69, 9.17) is 4.74 Å². The van der Waals surface area contributed by atoms with E-state index in [0.29, 0.717) is 0 Å². The lowest BCUT2D eigenvalue weighted by atomic mass is 9.89. The molecule has 0 spiro atoms. The number of nitrogens with one attached hydrogen (secondary N) is 1. The first-order valence-electron chi connectivity index (χ1n) is 8.84. The predicted octanol–water partition coefficient (Wildman–Crippen LogP) is 0.658. The molecule has 1 aliphatic rings. The van der Waals surface area contributed by atoms with E-state index in [1.54, 1.807) is 13.8 Å². The van der Waals surface area contributed by atoms with E-state index in [9.17, 15) is 23.1 Å². The Kier molecular flexibility index (Phi) is 7.34. The number of rotatable bonds is 9. The summed E-state index contributed by atoms with van der Waals surface area (Å²) in [7, 11) is -3.64. The van der Waals surface area contributed by atoms with Crippen molar-refractivity contribution in [3.63, 3.8) is 0 Å². The third-order valence-corrected chi connectivity index (χ3v) is 5.75. The highest BCUT2D eigenvalue weighted by Crippen LogP contribution is 2.32. The Labute approximate surface area is 159 Å². The SMILES string of the molecule is CC(C)OCCS(=O)(=O)NCC(=O)N1C[C@H](C(=O)O)[C@H](c2ccccc2)C1. The van der Waals surface area contributed by atoms with Gasteiger partial charge in [0.2, 0.25) is 15.9 Å². The third-order valence-electron chi connectivity index (χ3n) is 4.46. The number of benzene rings is 1. The van der Waals surface area contributed by atoms with Crippen LogP contribution in [-0.2, 0) is 24.3 Å². The van der Waals surface area contributed by atoms with Gasteiger partial charge in [-0.05, 0) is 19.4 Å². The highest BCUT2D eigenvalue weighted by atomic mass is 32.2. The van der Waals surface area contributed by atoms with Crippen LogP contribution in [-0.4, -0.2) is 68.4 Å². The molecular weight excluding hydrogens is 372 g/mol. The summed E-state index contributed by atoms with van der Waals surface area (Å²) in [6.07, 6.45) is -0.0747. The summed E-state index contributed by atoms with van der Waals surface area (Å²) in [5.41, 5.74) is 0.853. The second-order valence-electron chi connectivity index (χ2n) is 6.82. The largest absolute Gasteiger partial charge is 0.481 e. The fourth-order valence-electron chi connectivity index (χ4n) is 3.04. The zero-order chi connectivity index (χ0) is 20.0. The molecule has 0 aromatic heterocycles. The molecule has 1 aromatic carbocycles. The van der Waals surface area contributed by atoms with Crippen molar-refractivity contribution in [2.75, 3.05) is 32.0 Å². The van der Waals surface area contributed by atoms with Crippen molar-refractivity contribution in [3.05, 3.63) is 35.9 Å². The van der Waals surface area contributed by atoms with Crippen molar-refractivity contribution in [3.8, 4) is 0 Å². The van der Waals surface area contributed by atoms with E-state index >= 15 is 0 Å². The molecule has 2 N–H and O–H groups in total. The summed E-state index contributed by atoms with van der Waals surface area (Å²) in [6.45, 7) is 3.57. The zero-order valence-corrected chi connectivity index (χ0v) is 16.3. The van der Waals surface area contributed by atoms with Crippen molar-refractivity contribution in [1.82, 2.24) is 9.62 Å². The van der Waals surface area contributed by atoms with Gasteiger partial charge in [0.05, 0.1) is 30.9 Å². The molecule has 1 amide bonds. The van der Waals surface area contributed by atoms with Gasteiger partial charge in [0.1, 0.15) is 0 Å². The molecule has 150 valence electrons. The quantitative estimate of drug-likeness (QED) is 0.632. The predicted molar refractivity (Wildman–Crippen MR) is 99.8 cm³/mol. The van der Waals surface area contributed by atoms with Crippen molar-refractivity contribution < 1.29 is 27.9 Å². The molecule has 0 radical (unpaired) electrons. The van der Waals surface area contributed by atoms with Gasteiger partial charge in [-0.2, -0.15) is 0 Å². The first-order valence-corrected chi connectivity index (χ1v) is 10.5. The van der Waals surface area contributed by atoms with Gasteiger partial charge in [-0.1, -0.05) is 30.3 Å². The Morgan fingerprint density at radius 3 is 2.52 bits per heavy atom. The van der Waals surface area contributed by atoms with Crippen LogP contribution in [0, 0.1) is 5.92 Å². The molecular formula is C18H26N2O6S. The number of ether oxygens (including phenoxy) is 1. The second-order valence-corrected chi connectivity index (χ2v) is 8.75. The number of likely N-dealkylation sites (tertiary alicyclic amines) is 1. The number of hydrogen-bond acceptors (Lipinski definition) is 5. The van der Waals surface area contributed by atoms with Crippen molar-refractivity contribution in [2.45, 2.75) is 25.9 Å². The van der Waals surface area contributed by atoms with Gasteiger partial charge in [-0.15, -0.1) is 0 Å². The van der Waals surface area contributed by atoms with Crippen molar-refractivity contribution >= 4 is 21.9 Å². The molecule has 1 aromatic rings. The minimum Gasteiger partial charge on any atom is -0.481 e. The van der Waals surface area contributed by atoms with Gasteiger partial charge in [0, 0.05) is 19.0 Å². The average Bonchev–Trinajstić information content (AvgIpc) is 3.06. The van der Waals surface area contributed by atoms with Crippen LogP contribution in [0.3, 0.4) is 0 Å². The van der Waals surface area contributed by atoms with Gasteiger partial charge in [0.15, 0.2) is 0 Å². The molecule has 9 heteroatoms. The van der Waals surface area contributed by atoms with Crippen LogP contribution >= 0.6 is 0 Å². The highest BCUT2D eigenvalue weighted by molar-refractivity contribution is 7.89. The molecule has 8 nitrogen and oxygen atoms in total. The molecule has 27 heavy (non-hydrogen) atoms. The summed E-state index contributed by atoms with van der Waals surface area (Å²) >= 11 is 0. The summed E-state index contributed by atoms with van der Waals surface area (Å²) in [6, 6.07) is 9.17. The Bertz CT molecular complexity index is 750. The number of aliphatic carboxylic acids is 1. The zero-order valence-electron chi connectivity index (χ0n) is 15.5. The minimum atomic E-state index is -3.64. The summed E-state index contributed by atoms with van der Waals surface area (Å²) < 4.78 is 31.3. The van der Waals surface area contributed by atoms with Crippen LogP contribution in [0.5, 0.6) is 0 Å². The normalized spacial score (nSPS) is 20.2. The number of nitrogens with zero attached hydrogens (tertiary/aromatic N) is 1. The minimum absolute atomic E-state index is 0.0437. The monoisotopic (exact) mass is 398 g/mol. The van der Waals surface area contributed by atoms with E-state index in [-0.39, 0.29) is 37.5 Å². The number of sulfonamides is 1. The third kappa shape index (κ3) is 6.30. The van der Waals surface area contributed by atoms with Gasteiger partial charge < -0.3 is 14.7 Å². The second kappa shape index (κ2) is 9.29. The first kappa shape index (κ1) is 21.3. The van der Waals surface area contributed by atoms with Gasteiger partial charge in [0.25, 0.3) is 0 Å². The summed E-state index contributed by atoms with van der Waals surface area (Å²) in [4.78, 5) is 25.4. The molecule has 1 aliphatic heterocycles. The molecule has 0 aliphatic carbocycles. The van der Waals surface area contributed by atoms with E-state index in [1.807, 2.05) is 30.3 Å². The molecule has 0 saturated carbocycles. The average molecular weight is 398 g/mol. The summed E-state index contributed by atoms with van der Waals surface area (Å²) in [5, 5.41) is 9.48. The van der Waals surface area contributed by atoms with Gasteiger partial charge in [-0.3, -0.25) is 9.59 Å². The molecule has 2 rings (SSSR count). The lowest BCUT2D eigenvalue weighted by molar-refractivity contribution is -0.141. The van der Waals surface area contributed by atoms with E-state index < -0.39 is 34.4 Å². The number of carboxylic acid groups (broad SMARTS) is 1. The van der Waals surface area contributed by atoms with Crippen LogP contribution in [0.4, 0.5) is 0 Å². The van der Waals surface area contributed by atoms with Crippen LogP contribution in [0.1, 0.15) is 25.3 Å². The molecule has 1 heterocycles. The molecule has 2 atom stereocenters. The van der Waals surface area contributed by atoms with Crippen LogP contribution < -0.4 is 4.72 Å². The number of hydrogen-bond donors (Lipinski definition) is 2. The molecule has 1 fully saturated rings. The van der Waals surface area contributed by atoms with Crippen molar-refractivity contribution in [1.29, 1.82) is 0 Å². The fraction of sp³-hybridized carbons (Fsp3) is 0.556. The fourth-order valence-corrected chi connectivity index (χ4v) is 3.85. The van der Waals surface area contributed by atoms with E-state index in [0.717, 1.165) is 5.56 Å². The smallest absolute Gasteiger partial charge is 0.308 e. The highest BCUT2D eigenvalue weighted by Gasteiger charge is 2.40. The molecule has 0 unspecified atom stereocenters. The number of carbonyl (C=O) groups excluding carboxylic acids is 1. The Balaban J connectivity index is 1.94.